The molecule has 3 N–H and O–H groups in total. The lowest BCUT2D eigenvalue weighted by Crippen LogP contribution is -2.35. The van der Waals surface area contributed by atoms with Gasteiger partial charge in [-0.25, -0.2) is 4.21 Å². The van der Waals surface area contributed by atoms with Crippen LogP contribution in [0.15, 0.2) is 67.9 Å². The second kappa shape index (κ2) is 9.33. The van der Waals surface area contributed by atoms with Gasteiger partial charge in [0.05, 0.1) is 11.3 Å². The molecule has 1 aromatic carbocycles. The molecule has 8 nitrogen and oxygen atoms in total. The number of aromatic hydroxyl groups is 1. The summed E-state index contributed by atoms with van der Waals surface area (Å²) >= 11 is -1.71. The van der Waals surface area contributed by atoms with Crippen molar-refractivity contribution in [1.29, 1.82) is 0 Å². The summed E-state index contributed by atoms with van der Waals surface area (Å²) in [5.74, 6) is 1.36. The van der Waals surface area contributed by atoms with Crippen LogP contribution in [0.5, 0.6) is 5.75 Å². The fourth-order valence-electron chi connectivity index (χ4n) is 2.92. The first kappa shape index (κ1) is 20.5. The number of phenols is 1. The van der Waals surface area contributed by atoms with E-state index in [0.29, 0.717) is 35.3 Å². The average Bonchev–Trinajstić information content (AvgIpc) is 2.87. The number of aliphatic imine (C=N–C) groups is 1. The summed E-state index contributed by atoms with van der Waals surface area (Å²) in [6.07, 6.45) is 11.0. The molecule has 0 saturated carbocycles. The Morgan fingerprint density at radius 1 is 1.28 bits per heavy atom. The van der Waals surface area contributed by atoms with Gasteiger partial charge in [0, 0.05) is 27.7 Å². The Balaban J connectivity index is 1.77. The molecule has 1 aliphatic carbocycles. The monoisotopic (exact) mass is 412 g/mol. The quantitative estimate of drug-likeness (QED) is 0.400. The Hall–Kier alpha value is -3.20. The molecule has 1 atom stereocenters. The third-order valence-electron chi connectivity index (χ3n) is 4.26. The summed E-state index contributed by atoms with van der Waals surface area (Å²) < 4.78 is 20.0. The van der Waals surface area contributed by atoms with Crippen LogP contribution < -0.4 is 10.6 Å². The number of allylic oxidation sites excluding steroid dienone is 4. The number of para-hydroxylation sites is 1. The van der Waals surface area contributed by atoms with E-state index in [0.717, 1.165) is 12.0 Å². The normalized spacial score (nSPS) is 18.7. The summed E-state index contributed by atoms with van der Waals surface area (Å²) in [6, 6.07) is 5.30. The molecule has 0 saturated heterocycles. The number of benzene rings is 1. The molecular formula is C20H24N6O2S. The summed E-state index contributed by atoms with van der Waals surface area (Å²) in [6.45, 7) is 0.522. The number of nitrogens with zero attached hydrogens (tertiary/aromatic N) is 4. The van der Waals surface area contributed by atoms with Crippen molar-refractivity contribution in [2.24, 2.45) is 13.8 Å². The van der Waals surface area contributed by atoms with Gasteiger partial charge in [-0.05, 0) is 24.1 Å². The van der Waals surface area contributed by atoms with E-state index in [1.165, 1.54) is 0 Å². The highest BCUT2D eigenvalue weighted by atomic mass is 32.2. The average molecular weight is 413 g/mol. The van der Waals surface area contributed by atoms with Gasteiger partial charge in [-0.2, -0.15) is 0 Å². The summed E-state index contributed by atoms with van der Waals surface area (Å²) in [5, 5.41) is 16.9. The van der Waals surface area contributed by atoms with Crippen molar-refractivity contribution >= 4 is 34.4 Å². The lowest BCUT2D eigenvalue weighted by molar-refractivity contribution is 0.474. The molecule has 0 radical (unpaired) electrons. The standard InChI is InChI=1S/C20H24N6O2S/c1-21-20(26(2)3)15-11-8-12-16(17(15)27)23-19-18(24-29(28)25-19)22-13-14-9-6-4-5-7-10-14/h4-6,8-12,27H,7,13H2,1-3H3,(H,22,24)(H,23,25). The lowest BCUT2D eigenvalue weighted by atomic mass is 10.1. The van der Waals surface area contributed by atoms with Gasteiger partial charge in [0.15, 0.2) is 11.7 Å². The predicted octanol–water partition coefficient (Wildman–Crippen LogP) is 2.16. The third kappa shape index (κ3) is 5.00. The fraction of sp³-hybridized carbons (Fsp3) is 0.250. The van der Waals surface area contributed by atoms with E-state index in [4.69, 9.17) is 0 Å². The van der Waals surface area contributed by atoms with Crippen molar-refractivity contribution in [3.05, 3.63) is 59.7 Å². The number of amidine groups is 3. The zero-order valence-corrected chi connectivity index (χ0v) is 17.4. The highest BCUT2D eigenvalue weighted by molar-refractivity contribution is 7.83. The van der Waals surface area contributed by atoms with E-state index < -0.39 is 11.2 Å². The van der Waals surface area contributed by atoms with Crippen molar-refractivity contribution < 1.29 is 9.32 Å². The molecule has 1 unspecified atom stereocenters. The fourth-order valence-corrected chi connectivity index (χ4v) is 3.55. The minimum Gasteiger partial charge on any atom is -0.505 e. The molecule has 0 aromatic heterocycles. The van der Waals surface area contributed by atoms with Gasteiger partial charge in [0.2, 0.25) is 0 Å². The number of hydrogen-bond donors (Lipinski definition) is 3. The first-order chi connectivity index (χ1) is 14.0. The van der Waals surface area contributed by atoms with Crippen molar-refractivity contribution in [1.82, 2.24) is 10.2 Å². The SMILES string of the molecule is CN=C(c1cccc(NC2=NS(=O)N=C2NCC2=CCC=CC=C2)c1O)N(C)C. The topological polar surface area (TPSA) is 102 Å². The Labute approximate surface area is 172 Å². The molecule has 0 fully saturated rings. The number of hydrogen-bond acceptors (Lipinski definition) is 5. The van der Waals surface area contributed by atoms with Crippen LogP contribution in [0.4, 0.5) is 5.69 Å². The molecule has 9 heteroatoms. The molecule has 0 amide bonds. The number of phenolic OH excluding ortho intramolecular Hbond substituents is 1. The third-order valence-corrected chi connectivity index (χ3v) is 4.94. The molecule has 0 spiro atoms. The number of nitrogens with one attached hydrogen (secondary N) is 2. The van der Waals surface area contributed by atoms with Gasteiger partial charge in [-0.15, -0.1) is 8.80 Å². The van der Waals surface area contributed by atoms with E-state index in [9.17, 15) is 9.32 Å². The maximum atomic E-state index is 11.9. The minimum atomic E-state index is -1.71. The maximum absolute atomic E-state index is 11.9. The second-order valence-corrected chi connectivity index (χ2v) is 7.36. The lowest BCUT2D eigenvalue weighted by Gasteiger charge is -2.18. The molecule has 2 aliphatic rings. The molecule has 0 bridgehead atoms. The van der Waals surface area contributed by atoms with E-state index in [1.54, 1.807) is 25.2 Å². The molecule has 1 aromatic rings. The molecule has 1 heterocycles. The van der Waals surface area contributed by atoms with Gasteiger partial charge in [0.1, 0.15) is 11.6 Å². The summed E-state index contributed by atoms with van der Waals surface area (Å²) in [4.78, 5) is 6.05. The number of rotatable bonds is 4. The van der Waals surface area contributed by atoms with Crippen molar-refractivity contribution in [3.63, 3.8) is 0 Å². The van der Waals surface area contributed by atoms with Crippen LogP contribution in [0.3, 0.4) is 0 Å². The van der Waals surface area contributed by atoms with E-state index in [-0.39, 0.29) is 5.75 Å². The van der Waals surface area contributed by atoms with Gasteiger partial charge in [0.25, 0.3) is 11.2 Å². The van der Waals surface area contributed by atoms with E-state index >= 15 is 0 Å². The van der Waals surface area contributed by atoms with E-state index in [1.807, 2.05) is 37.2 Å². The van der Waals surface area contributed by atoms with E-state index in [2.05, 4.69) is 36.6 Å². The van der Waals surface area contributed by atoms with Crippen LogP contribution in [-0.4, -0.2) is 59.4 Å². The maximum Gasteiger partial charge on any atom is 0.269 e. The van der Waals surface area contributed by atoms with Crippen molar-refractivity contribution in [3.8, 4) is 5.75 Å². The van der Waals surface area contributed by atoms with Crippen LogP contribution in [0.2, 0.25) is 0 Å². The van der Waals surface area contributed by atoms with Gasteiger partial charge < -0.3 is 20.6 Å². The highest BCUT2D eigenvalue weighted by Gasteiger charge is 2.21. The van der Waals surface area contributed by atoms with Crippen LogP contribution in [0.25, 0.3) is 0 Å². The largest absolute Gasteiger partial charge is 0.505 e. The van der Waals surface area contributed by atoms with Crippen LogP contribution >= 0.6 is 0 Å². The molecular weight excluding hydrogens is 388 g/mol. The molecule has 1 aliphatic heterocycles. The van der Waals surface area contributed by atoms with Crippen LogP contribution in [0.1, 0.15) is 12.0 Å². The first-order valence-electron chi connectivity index (χ1n) is 9.09. The number of anilines is 1. The first-order valence-corrected chi connectivity index (χ1v) is 10.2. The summed E-state index contributed by atoms with van der Waals surface area (Å²) in [5.41, 5.74) is 2.10. The molecule has 152 valence electrons. The van der Waals surface area contributed by atoms with Gasteiger partial charge in [-0.1, -0.05) is 36.4 Å². The molecule has 29 heavy (non-hydrogen) atoms. The van der Waals surface area contributed by atoms with Crippen molar-refractivity contribution in [2.75, 3.05) is 33.0 Å². The predicted molar refractivity (Wildman–Crippen MR) is 120 cm³/mol. The van der Waals surface area contributed by atoms with Crippen LogP contribution in [-0.2, 0) is 11.2 Å². The highest BCUT2D eigenvalue weighted by Crippen LogP contribution is 2.29. The second-order valence-electron chi connectivity index (χ2n) is 6.53. The summed E-state index contributed by atoms with van der Waals surface area (Å²) in [7, 11) is 5.37. The zero-order valence-electron chi connectivity index (χ0n) is 16.6. The van der Waals surface area contributed by atoms with Crippen molar-refractivity contribution in [2.45, 2.75) is 6.42 Å². The zero-order chi connectivity index (χ0) is 20.8. The van der Waals surface area contributed by atoms with Gasteiger partial charge >= 0.3 is 0 Å². The Morgan fingerprint density at radius 3 is 2.83 bits per heavy atom. The van der Waals surface area contributed by atoms with Crippen LogP contribution in [0, 0.1) is 0 Å². The molecule has 3 rings (SSSR count). The Bertz CT molecular complexity index is 989. The smallest absolute Gasteiger partial charge is 0.269 e. The van der Waals surface area contributed by atoms with Gasteiger partial charge in [-0.3, -0.25) is 4.99 Å². The minimum absolute atomic E-state index is 0.0296. The Kier molecular flexibility index (Phi) is 6.61. The Morgan fingerprint density at radius 2 is 2.07 bits per heavy atom.